The van der Waals surface area contributed by atoms with Gasteiger partial charge in [-0.2, -0.15) is 0 Å². The number of hydrogen-bond acceptors (Lipinski definition) is 4. The van der Waals surface area contributed by atoms with Gasteiger partial charge in [-0.1, -0.05) is 11.6 Å². The van der Waals surface area contributed by atoms with Crippen LogP contribution in [0.2, 0.25) is 5.15 Å². The minimum Gasteiger partial charge on any atom is -0.380 e. The number of rotatable bonds is 3. The smallest absolute Gasteiger partial charge is 0.135 e. The van der Waals surface area contributed by atoms with Gasteiger partial charge in [-0.3, -0.25) is 0 Å². The Morgan fingerprint density at radius 3 is 2.82 bits per heavy atom. The van der Waals surface area contributed by atoms with E-state index in [9.17, 15) is 0 Å². The summed E-state index contributed by atoms with van der Waals surface area (Å²) in [5.74, 6) is 2.40. The number of ether oxygens (including phenoxy) is 1. The largest absolute Gasteiger partial charge is 0.380 e. The van der Waals surface area contributed by atoms with E-state index < -0.39 is 0 Å². The third-order valence-corrected chi connectivity index (χ3v) is 3.64. The van der Waals surface area contributed by atoms with Gasteiger partial charge in [-0.15, -0.1) is 0 Å². The highest BCUT2D eigenvalue weighted by Gasteiger charge is 2.29. The van der Waals surface area contributed by atoms with Crippen molar-refractivity contribution >= 4 is 17.4 Å². The zero-order valence-electron chi connectivity index (χ0n) is 9.90. The average Bonchev–Trinajstić information content (AvgIpc) is 3.06. The van der Waals surface area contributed by atoms with Crippen molar-refractivity contribution in [2.75, 3.05) is 25.1 Å². The van der Waals surface area contributed by atoms with Gasteiger partial charge in [-0.05, 0) is 19.3 Å². The standard InChI is InChI=1S/C12H16ClN3O/c1-17-9-4-5-16(7-9)11-6-10(13)14-12(15-11)8-2-3-8/h6,8-9H,2-5,7H2,1H3/t9-/m0/s1. The van der Waals surface area contributed by atoms with Crippen molar-refractivity contribution in [1.82, 2.24) is 9.97 Å². The Morgan fingerprint density at radius 2 is 2.18 bits per heavy atom. The van der Waals surface area contributed by atoms with Crippen molar-refractivity contribution in [2.45, 2.75) is 31.3 Å². The molecule has 2 heterocycles. The Kier molecular flexibility index (Phi) is 2.92. The maximum absolute atomic E-state index is 6.06. The van der Waals surface area contributed by atoms with Gasteiger partial charge >= 0.3 is 0 Å². The van der Waals surface area contributed by atoms with Gasteiger partial charge in [0, 0.05) is 32.2 Å². The lowest BCUT2D eigenvalue weighted by Crippen LogP contribution is -2.23. The number of nitrogens with zero attached hydrogens (tertiary/aromatic N) is 3. The van der Waals surface area contributed by atoms with Crippen molar-refractivity contribution in [3.05, 3.63) is 17.0 Å². The lowest BCUT2D eigenvalue weighted by Gasteiger charge is -2.17. The Morgan fingerprint density at radius 1 is 1.35 bits per heavy atom. The molecule has 0 unspecified atom stereocenters. The Balaban J connectivity index is 1.82. The zero-order valence-corrected chi connectivity index (χ0v) is 10.7. The van der Waals surface area contributed by atoms with Crippen LogP contribution in [0.25, 0.3) is 0 Å². The molecule has 1 saturated carbocycles. The lowest BCUT2D eigenvalue weighted by atomic mass is 10.3. The van der Waals surface area contributed by atoms with E-state index in [0.29, 0.717) is 17.2 Å². The van der Waals surface area contributed by atoms with Crippen LogP contribution in [0, 0.1) is 0 Å². The molecule has 1 atom stereocenters. The van der Waals surface area contributed by atoms with Crippen molar-refractivity contribution in [3.63, 3.8) is 0 Å². The fourth-order valence-corrected chi connectivity index (χ4v) is 2.42. The normalized spacial score (nSPS) is 24.4. The molecule has 0 radical (unpaired) electrons. The molecule has 0 aromatic carbocycles. The summed E-state index contributed by atoms with van der Waals surface area (Å²) in [6.45, 7) is 1.88. The molecule has 2 aliphatic rings. The van der Waals surface area contributed by atoms with Crippen molar-refractivity contribution in [3.8, 4) is 0 Å². The van der Waals surface area contributed by atoms with Gasteiger partial charge in [0.25, 0.3) is 0 Å². The van der Waals surface area contributed by atoms with Crippen LogP contribution in [0.1, 0.15) is 31.0 Å². The second-order valence-corrected chi connectivity index (χ2v) is 5.16. The quantitative estimate of drug-likeness (QED) is 0.775. The number of hydrogen-bond donors (Lipinski definition) is 0. The third kappa shape index (κ3) is 2.38. The fraction of sp³-hybridized carbons (Fsp3) is 0.667. The van der Waals surface area contributed by atoms with Crippen LogP contribution in [0.5, 0.6) is 0 Å². The van der Waals surface area contributed by atoms with E-state index in [1.54, 1.807) is 7.11 Å². The Bertz CT molecular complexity index is 422. The van der Waals surface area contributed by atoms with Gasteiger partial charge in [0.1, 0.15) is 16.8 Å². The monoisotopic (exact) mass is 253 g/mol. The van der Waals surface area contributed by atoms with Gasteiger partial charge in [0.05, 0.1) is 6.10 Å². The van der Waals surface area contributed by atoms with Gasteiger partial charge < -0.3 is 9.64 Å². The zero-order chi connectivity index (χ0) is 11.8. The van der Waals surface area contributed by atoms with E-state index in [4.69, 9.17) is 16.3 Å². The molecule has 1 saturated heterocycles. The van der Waals surface area contributed by atoms with Crippen LogP contribution in [0.3, 0.4) is 0 Å². The van der Waals surface area contributed by atoms with Crippen LogP contribution in [-0.4, -0.2) is 36.3 Å². The topological polar surface area (TPSA) is 38.2 Å². The SMILES string of the molecule is CO[C@H]1CCN(c2cc(Cl)nc(C3CC3)n2)C1. The maximum Gasteiger partial charge on any atom is 0.135 e. The fourth-order valence-electron chi connectivity index (χ4n) is 2.24. The predicted molar refractivity (Wildman–Crippen MR) is 66.6 cm³/mol. The third-order valence-electron chi connectivity index (χ3n) is 3.44. The first-order valence-electron chi connectivity index (χ1n) is 6.08. The molecule has 92 valence electrons. The highest BCUT2D eigenvalue weighted by molar-refractivity contribution is 6.29. The highest BCUT2D eigenvalue weighted by Crippen LogP contribution is 2.39. The van der Waals surface area contributed by atoms with Gasteiger partial charge in [0.15, 0.2) is 0 Å². The first kappa shape index (κ1) is 11.2. The molecule has 3 rings (SSSR count). The van der Waals surface area contributed by atoms with E-state index >= 15 is 0 Å². The van der Waals surface area contributed by atoms with Gasteiger partial charge in [0.2, 0.25) is 0 Å². The molecule has 0 N–H and O–H groups in total. The van der Waals surface area contributed by atoms with E-state index in [1.165, 1.54) is 12.8 Å². The summed E-state index contributed by atoms with van der Waals surface area (Å²) in [5, 5.41) is 0.553. The molecular weight excluding hydrogens is 238 g/mol. The van der Waals surface area contributed by atoms with Crippen LogP contribution >= 0.6 is 11.6 Å². The van der Waals surface area contributed by atoms with E-state index in [2.05, 4.69) is 14.9 Å². The molecule has 1 aromatic rings. The first-order chi connectivity index (χ1) is 8.26. The highest BCUT2D eigenvalue weighted by atomic mass is 35.5. The first-order valence-corrected chi connectivity index (χ1v) is 6.46. The molecule has 1 aliphatic carbocycles. The molecular formula is C12H16ClN3O. The molecule has 17 heavy (non-hydrogen) atoms. The summed E-state index contributed by atoms with van der Waals surface area (Å²) in [5.41, 5.74) is 0. The molecule has 5 heteroatoms. The predicted octanol–water partition coefficient (Wildman–Crippen LogP) is 2.23. The molecule has 0 spiro atoms. The van der Waals surface area contributed by atoms with Crippen LogP contribution in [0.4, 0.5) is 5.82 Å². The number of aromatic nitrogens is 2. The number of halogens is 1. The molecule has 0 amide bonds. The van der Waals surface area contributed by atoms with Crippen molar-refractivity contribution < 1.29 is 4.74 Å². The Labute approximate surface area is 106 Å². The number of anilines is 1. The minimum absolute atomic E-state index is 0.313. The number of methoxy groups -OCH3 is 1. The summed E-state index contributed by atoms with van der Waals surface area (Å²) < 4.78 is 5.37. The summed E-state index contributed by atoms with van der Waals surface area (Å²) in [6, 6.07) is 1.85. The lowest BCUT2D eigenvalue weighted by molar-refractivity contribution is 0.121. The second-order valence-electron chi connectivity index (χ2n) is 4.77. The van der Waals surface area contributed by atoms with Crippen molar-refractivity contribution in [2.24, 2.45) is 0 Å². The summed E-state index contributed by atoms with van der Waals surface area (Å²) in [7, 11) is 1.76. The average molecular weight is 254 g/mol. The van der Waals surface area contributed by atoms with E-state index in [-0.39, 0.29) is 0 Å². The van der Waals surface area contributed by atoms with Crippen molar-refractivity contribution in [1.29, 1.82) is 0 Å². The summed E-state index contributed by atoms with van der Waals surface area (Å²) >= 11 is 6.06. The molecule has 0 bridgehead atoms. The molecule has 1 aliphatic heterocycles. The van der Waals surface area contributed by atoms with Crippen LogP contribution < -0.4 is 4.90 Å². The van der Waals surface area contributed by atoms with Crippen LogP contribution in [0.15, 0.2) is 6.07 Å². The molecule has 4 nitrogen and oxygen atoms in total. The second kappa shape index (κ2) is 4.42. The molecule has 1 aromatic heterocycles. The van der Waals surface area contributed by atoms with Gasteiger partial charge in [-0.25, -0.2) is 9.97 Å². The maximum atomic E-state index is 6.06. The minimum atomic E-state index is 0.313. The Hall–Kier alpha value is -0.870. The van der Waals surface area contributed by atoms with Crippen LogP contribution in [-0.2, 0) is 4.74 Å². The van der Waals surface area contributed by atoms with E-state index in [0.717, 1.165) is 31.2 Å². The molecule has 2 fully saturated rings. The van der Waals surface area contributed by atoms with E-state index in [1.807, 2.05) is 6.07 Å². The summed E-state index contributed by atoms with van der Waals surface area (Å²) in [6.07, 6.45) is 3.76. The summed E-state index contributed by atoms with van der Waals surface area (Å²) in [4.78, 5) is 11.2.